The topological polar surface area (TPSA) is 187 Å². The first-order valence-electron chi connectivity index (χ1n) is 30.3. The van der Waals surface area contributed by atoms with Crippen LogP contribution in [0, 0.1) is 55.4 Å². The average molecular weight is 1190 g/mol. The van der Waals surface area contributed by atoms with E-state index < -0.39 is 0 Å². The molecule has 0 aliphatic carbocycles. The van der Waals surface area contributed by atoms with E-state index in [0.717, 1.165) is 172 Å². The second-order valence-electron chi connectivity index (χ2n) is 21.0. The zero-order chi connectivity index (χ0) is 61.1. The number of nitrogens with zero attached hydrogens (tertiary/aromatic N) is 4. The summed E-state index contributed by atoms with van der Waals surface area (Å²) in [5, 5.41) is 15.7. The van der Waals surface area contributed by atoms with Crippen LogP contribution in [0.3, 0.4) is 0 Å². The minimum absolute atomic E-state index is 0.445. The van der Waals surface area contributed by atoms with Crippen molar-refractivity contribution in [1.82, 2.24) is 20.6 Å². The van der Waals surface area contributed by atoms with Crippen LogP contribution in [0.15, 0.2) is 139 Å². The van der Waals surface area contributed by atoms with E-state index in [9.17, 15) is 0 Å². The smallest absolute Gasteiger partial charge is 0.134 e. The first kappa shape index (κ1) is 69.5. The molecular formula is C69H94N4O13. The third-order valence-corrected chi connectivity index (χ3v) is 12.8. The predicted molar refractivity (Wildman–Crippen MR) is 332 cm³/mol. The monoisotopic (exact) mass is 1190 g/mol. The largest absolute Gasteiger partial charge is 0.494 e. The molecule has 0 aliphatic heterocycles. The Hall–Kier alpha value is -7.28. The fourth-order valence-electron chi connectivity index (χ4n) is 8.02. The lowest BCUT2D eigenvalue weighted by atomic mass is 10.1. The van der Waals surface area contributed by atoms with Crippen LogP contribution in [0.1, 0.15) is 126 Å². The summed E-state index contributed by atoms with van der Waals surface area (Å²) in [6.45, 7) is 24.7. The molecule has 8 aromatic rings. The van der Waals surface area contributed by atoms with Gasteiger partial charge in [-0.15, -0.1) is 0 Å². The van der Waals surface area contributed by atoms with Crippen molar-refractivity contribution in [3.05, 3.63) is 189 Å². The highest BCUT2D eigenvalue weighted by Crippen LogP contribution is 2.16. The molecule has 86 heavy (non-hydrogen) atoms. The normalized spacial score (nSPS) is 10.8. The van der Waals surface area contributed by atoms with E-state index in [0.29, 0.717) is 59.5 Å². The molecule has 0 N–H and O–H groups in total. The van der Waals surface area contributed by atoms with Crippen molar-refractivity contribution in [1.29, 1.82) is 0 Å². The standard InChI is InChI=1S/2C18H25NO3.C17H23NO3.C16H21NO4/c1-15-7-9-18(10-8-15)21-13-5-12-20-11-4-3-6-17-14-16(2)22-19-17;1-15-7-9-18(10-8-15)21-13-12-20-11-5-3-4-6-17-14-16(2)22-19-17;1-14-6-8-17(9-7-14)20-11-5-3-4-10-19-13-16-12-15(2)21-18-16;1-13-3-5-16(6-4-13)20-10-9-18-7-8-19-12-15-11-14(2)21-17-15/h2*7-10,14H,3-6,11-13H2,1-2H3;6-9,12H,3-5,10-11,13H2,1-2H3;3-6,11H,7-10,12H2,1-2H3. The van der Waals surface area contributed by atoms with E-state index >= 15 is 0 Å². The van der Waals surface area contributed by atoms with E-state index in [4.69, 9.17) is 60.7 Å². The Balaban J connectivity index is 0.000000209. The predicted octanol–water partition coefficient (Wildman–Crippen LogP) is 15.2. The van der Waals surface area contributed by atoms with E-state index in [1.807, 2.05) is 132 Å². The molecule has 0 amide bonds. The van der Waals surface area contributed by atoms with Crippen molar-refractivity contribution in [2.75, 3.05) is 79.3 Å². The first-order chi connectivity index (χ1) is 41.9. The van der Waals surface area contributed by atoms with Gasteiger partial charge in [-0.1, -0.05) is 97.8 Å². The van der Waals surface area contributed by atoms with Crippen molar-refractivity contribution < 1.29 is 60.7 Å². The van der Waals surface area contributed by atoms with Crippen molar-refractivity contribution in [3.8, 4) is 23.0 Å². The molecule has 4 aromatic heterocycles. The van der Waals surface area contributed by atoms with Crippen LogP contribution in [0.4, 0.5) is 0 Å². The lowest BCUT2D eigenvalue weighted by molar-refractivity contribution is 0.0288. The Labute approximate surface area is 510 Å². The molecule has 0 aliphatic rings. The van der Waals surface area contributed by atoms with Gasteiger partial charge in [0, 0.05) is 57.1 Å². The maximum Gasteiger partial charge on any atom is 0.134 e. The Morgan fingerprint density at radius 3 is 0.930 bits per heavy atom. The average Bonchev–Trinajstić information content (AvgIpc) is 4.37. The zero-order valence-electron chi connectivity index (χ0n) is 52.3. The number of rotatable bonds is 38. The summed E-state index contributed by atoms with van der Waals surface area (Å²) in [6.07, 6.45) is 11.5. The van der Waals surface area contributed by atoms with Gasteiger partial charge in [-0.25, -0.2) is 0 Å². The summed E-state index contributed by atoms with van der Waals surface area (Å²) < 4.78 is 70.1. The molecule has 0 fully saturated rings. The van der Waals surface area contributed by atoms with Crippen molar-refractivity contribution >= 4 is 0 Å². The summed E-state index contributed by atoms with van der Waals surface area (Å²) >= 11 is 0. The van der Waals surface area contributed by atoms with E-state index in [1.165, 1.54) is 22.3 Å². The number of hydrogen-bond acceptors (Lipinski definition) is 17. The van der Waals surface area contributed by atoms with Crippen LogP contribution in [0.2, 0.25) is 0 Å². The van der Waals surface area contributed by atoms with Crippen molar-refractivity contribution in [2.45, 2.75) is 139 Å². The fraction of sp³-hybridized carbons (Fsp3) is 0.478. The number of hydrogen-bond donors (Lipinski definition) is 0. The van der Waals surface area contributed by atoms with Crippen LogP contribution in [0.25, 0.3) is 0 Å². The fourth-order valence-corrected chi connectivity index (χ4v) is 8.02. The molecule has 0 radical (unpaired) electrons. The summed E-state index contributed by atoms with van der Waals surface area (Å²) in [6, 6.07) is 40.0. The Morgan fingerprint density at radius 2 is 0.523 bits per heavy atom. The van der Waals surface area contributed by atoms with Crippen LogP contribution in [-0.2, 0) is 49.7 Å². The second kappa shape index (κ2) is 43.4. The minimum atomic E-state index is 0.445. The Morgan fingerprint density at radius 1 is 0.256 bits per heavy atom. The Kier molecular flexibility index (Phi) is 35.0. The van der Waals surface area contributed by atoms with Crippen LogP contribution in [-0.4, -0.2) is 99.9 Å². The SMILES string of the molecule is Cc1ccc(OCCCCCOCc2cc(C)on2)cc1.Cc1ccc(OCCCOCCCCc2cc(C)on2)cc1.Cc1ccc(OCCOCCCCCc2cc(C)on2)cc1.Cc1ccc(OCCOCCOCc2cc(C)on2)cc1. The third-order valence-electron chi connectivity index (χ3n) is 12.8. The maximum atomic E-state index is 5.68. The van der Waals surface area contributed by atoms with E-state index in [1.54, 1.807) is 0 Å². The first-order valence-corrected chi connectivity index (χ1v) is 30.3. The molecule has 0 spiro atoms. The van der Waals surface area contributed by atoms with Gasteiger partial charge in [-0.2, -0.15) is 0 Å². The number of aromatic nitrogens is 4. The molecular weight excluding hydrogens is 1090 g/mol. The summed E-state index contributed by atoms with van der Waals surface area (Å²) in [7, 11) is 0. The van der Waals surface area contributed by atoms with Crippen LogP contribution in [0.5, 0.6) is 23.0 Å². The zero-order valence-corrected chi connectivity index (χ0v) is 52.3. The second-order valence-corrected chi connectivity index (χ2v) is 21.0. The minimum Gasteiger partial charge on any atom is -0.494 e. The third kappa shape index (κ3) is 33.4. The highest BCUT2D eigenvalue weighted by molar-refractivity contribution is 5.28. The summed E-state index contributed by atoms with van der Waals surface area (Å²) in [5.74, 6) is 7.00. The molecule has 4 aromatic carbocycles. The molecule has 0 unspecified atom stereocenters. The lowest BCUT2D eigenvalue weighted by Crippen LogP contribution is -2.10. The van der Waals surface area contributed by atoms with Gasteiger partial charge in [-0.05, 0) is 162 Å². The van der Waals surface area contributed by atoms with Crippen molar-refractivity contribution in [3.63, 3.8) is 0 Å². The highest BCUT2D eigenvalue weighted by atomic mass is 16.5. The van der Waals surface area contributed by atoms with E-state index in [-0.39, 0.29) is 0 Å². The van der Waals surface area contributed by atoms with Gasteiger partial charge in [0.2, 0.25) is 0 Å². The van der Waals surface area contributed by atoms with Gasteiger partial charge >= 0.3 is 0 Å². The molecule has 8 rings (SSSR count). The number of ether oxygens (including phenoxy) is 9. The van der Waals surface area contributed by atoms with Gasteiger partial charge < -0.3 is 60.7 Å². The molecule has 0 saturated carbocycles. The summed E-state index contributed by atoms with van der Waals surface area (Å²) in [5.41, 5.74) is 8.69. The number of unbranched alkanes of at least 4 members (excludes halogenated alkanes) is 5. The molecule has 0 bridgehead atoms. The quantitative estimate of drug-likeness (QED) is 0.0332. The van der Waals surface area contributed by atoms with Gasteiger partial charge in [-0.3, -0.25) is 0 Å². The summed E-state index contributed by atoms with van der Waals surface area (Å²) in [4.78, 5) is 0. The van der Waals surface area contributed by atoms with Crippen LogP contribution >= 0.6 is 0 Å². The molecule has 0 atom stereocenters. The van der Waals surface area contributed by atoms with Gasteiger partial charge in [0.05, 0.1) is 64.2 Å². The molecule has 468 valence electrons. The molecule has 17 nitrogen and oxygen atoms in total. The molecule has 4 heterocycles. The van der Waals surface area contributed by atoms with Gasteiger partial charge in [0.15, 0.2) is 0 Å². The van der Waals surface area contributed by atoms with Gasteiger partial charge in [0.1, 0.15) is 70.6 Å². The van der Waals surface area contributed by atoms with Crippen molar-refractivity contribution in [2.24, 2.45) is 0 Å². The van der Waals surface area contributed by atoms with E-state index in [2.05, 4.69) is 65.7 Å². The Bertz CT molecular complexity index is 2700. The van der Waals surface area contributed by atoms with Gasteiger partial charge in [0.25, 0.3) is 0 Å². The lowest BCUT2D eigenvalue weighted by Gasteiger charge is -2.07. The molecule has 17 heteroatoms. The van der Waals surface area contributed by atoms with Crippen LogP contribution < -0.4 is 18.9 Å². The number of benzene rings is 4. The maximum absolute atomic E-state index is 5.68. The number of aryl methyl sites for hydroxylation is 10. The molecule has 0 saturated heterocycles. The highest BCUT2D eigenvalue weighted by Gasteiger charge is 2.05.